The van der Waals surface area contributed by atoms with Crippen LogP contribution in [0.15, 0.2) is 6.07 Å². The van der Waals surface area contributed by atoms with Crippen LogP contribution >= 0.6 is 0 Å². The van der Waals surface area contributed by atoms with Crippen molar-refractivity contribution >= 4 is 11.7 Å². The van der Waals surface area contributed by atoms with Gasteiger partial charge in [-0.1, -0.05) is 6.92 Å². The van der Waals surface area contributed by atoms with Crippen molar-refractivity contribution in [3.63, 3.8) is 0 Å². The molecule has 4 nitrogen and oxygen atoms in total. The highest BCUT2D eigenvalue weighted by atomic mass is 16.1. The van der Waals surface area contributed by atoms with E-state index in [4.69, 9.17) is 0 Å². The summed E-state index contributed by atoms with van der Waals surface area (Å²) in [5, 5.41) is 8.72. The van der Waals surface area contributed by atoms with Crippen molar-refractivity contribution in [3.8, 4) is 0 Å². The Labute approximate surface area is 58.6 Å². The fraction of sp³-hybridized carbons (Fsp3) is 0.333. The Morgan fingerprint density at radius 2 is 2.80 bits per heavy atom. The lowest BCUT2D eigenvalue weighted by molar-refractivity contribution is -0.115. The van der Waals surface area contributed by atoms with E-state index in [1.807, 2.05) is 0 Å². The number of anilines is 1. The van der Waals surface area contributed by atoms with Crippen LogP contribution in [0.2, 0.25) is 0 Å². The Hall–Kier alpha value is -1.32. The zero-order chi connectivity index (χ0) is 7.40. The fourth-order valence-electron chi connectivity index (χ4n) is 0.521. The highest BCUT2D eigenvalue weighted by molar-refractivity contribution is 5.89. The molecular formula is C6H8N3O. The maximum atomic E-state index is 10.7. The summed E-state index contributed by atoms with van der Waals surface area (Å²) in [6, 6.07) is 1.58. The van der Waals surface area contributed by atoms with Crippen molar-refractivity contribution in [2.45, 2.75) is 13.3 Å². The van der Waals surface area contributed by atoms with Crippen molar-refractivity contribution in [2.75, 3.05) is 5.32 Å². The van der Waals surface area contributed by atoms with Gasteiger partial charge < -0.3 is 5.32 Å². The zero-order valence-electron chi connectivity index (χ0n) is 5.64. The van der Waals surface area contributed by atoms with Crippen LogP contribution in [-0.2, 0) is 4.79 Å². The van der Waals surface area contributed by atoms with Crippen LogP contribution in [0.1, 0.15) is 13.3 Å². The molecule has 1 aromatic heterocycles. The Balaban J connectivity index is 2.48. The third-order valence-electron chi connectivity index (χ3n) is 1.04. The number of carbonyl (C=O) groups excluding carboxylic acids is 1. The van der Waals surface area contributed by atoms with E-state index in [9.17, 15) is 4.79 Å². The molecule has 0 aliphatic carbocycles. The summed E-state index contributed by atoms with van der Waals surface area (Å²) in [4.78, 5) is 10.7. The lowest BCUT2D eigenvalue weighted by atomic mass is 10.4. The van der Waals surface area contributed by atoms with Crippen molar-refractivity contribution in [3.05, 3.63) is 12.3 Å². The first-order chi connectivity index (χ1) is 4.83. The van der Waals surface area contributed by atoms with Gasteiger partial charge in [-0.15, -0.1) is 0 Å². The fourth-order valence-corrected chi connectivity index (χ4v) is 0.521. The first-order valence-corrected chi connectivity index (χ1v) is 3.04. The Bertz CT molecular complexity index is 205. The molecule has 0 fully saturated rings. The van der Waals surface area contributed by atoms with Crippen molar-refractivity contribution in [1.82, 2.24) is 10.2 Å². The number of rotatable bonds is 2. The second-order valence-electron chi connectivity index (χ2n) is 1.80. The van der Waals surface area contributed by atoms with E-state index in [1.54, 1.807) is 13.0 Å². The van der Waals surface area contributed by atoms with Gasteiger partial charge in [0.1, 0.15) is 0 Å². The van der Waals surface area contributed by atoms with Gasteiger partial charge in [-0.25, -0.2) is 0 Å². The SMILES string of the molecule is CCC(=O)Nc1c[c][nH]n1. The van der Waals surface area contributed by atoms with Crippen molar-refractivity contribution < 1.29 is 4.79 Å². The molecule has 1 radical (unpaired) electrons. The molecule has 0 unspecified atom stereocenters. The summed E-state index contributed by atoms with van der Waals surface area (Å²) in [6.07, 6.45) is 3.07. The van der Waals surface area contributed by atoms with E-state index < -0.39 is 0 Å². The summed E-state index contributed by atoms with van der Waals surface area (Å²) < 4.78 is 0. The topological polar surface area (TPSA) is 57.8 Å². The Morgan fingerprint density at radius 3 is 3.30 bits per heavy atom. The van der Waals surface area contributed by atoms with Gasteiger partial charge >= 0.3 is 0 Å². The van der Waals surface area contributed by atoms with E-state index in [0.717, 1.165) is 0 Å². The molecule has 4 heteroatoms. The van der Waals surface area contributed by atoms with Gasteiger partial charge in [-0.3, -0.25) is 9.89 Å². The molecule has 0 atom stereocenters. The Kier molecular flexibility index (Phi) is 2.04. The van der Waals surface area contributed by atoms with E-state index in [1.165, 1.54) is 0 Å². The molecule has 0 bridgehead atoms. The first-order valence-electron chi connectivity index (χ1n) is 3.04. The standard InChI is InChI=1S/C6H8N3O/c1-2-6(10)8-5-3-4-7-9-5/h3H,2H2,1H3,(H2,7,8,9,10). The monoisotopic (exact) mass is 138 g/mol. The van der Waals surface area contributed by atoms with Gasteiger partial charge in [-0.2, -0.15) is 5.10 Å². The average molecular weight is 138 g/mol. The number of amides is 1. The molecule has 0 aromatic carbocycles. The van der Waals surface area contributed by atoms with Crippen LogP contribution in [0, 0.1) is 6.20 Å². The summed E-state index contributed by atoms with van der Waals surface area (Å²) in [7, 11) is 0. The molecule has 1 aromatic rings. The van der Waals surface area contributed by atoms with Crippen molar-refractivity contribution in [1.29, 1.82) is 0 Å². The predicted octanol–water partition coefficient (Wildman–Crippen LogP) is 0.558. The summed E-state index contributed by atoms with van der Waals surface area (Å²) >= 11 is 0. The third kappa shape index (κ3) is 1.58. The molecule has 53 valence electrons. The molecule has 2 N–H and O–H groups in total. The molecule has 0 aliphatic heterocycles. The quantitative estimate of drug-likeness (QED) is 0.627. The lowest BCUT2D eigenvalue weighted by Gasteiger charge is -1.94. The second-order valence-corrected chi connectivity index (χ2v) is 1.80. The van der Waals surface area contributed by atoms with Crippen LogP contribution in [0.3, 0.4) is 0 Å². The van der Waals surface area contributed by atoms with E-state index in [2.05, 4.69) is 21.7 Å². The number of H-pyrrole nitrogens is 1. The molecular weight excluding hydrogens is 130 g/mol. The molecule has 0 saturated carbocycles. The van der Waals surface area contributed by atoms with Gasteiger partial charge in [-0.05, 0) is 0 Å². The third-order valence-corrected chi connectivity index (χ3v) is 1.04. The maximum absolute atomic E-state index is 10.7. The van der Waals surface area contributed by atoms with E-state index in [0.29, 0.717) is 12.2 Å². The normalized spacial score (nSPS) is 9.30. The van der Waals surface area contributed by atoms with E-state index in [-0.39, 0.29) is 5.91 Å². The Morgan fingerprint density at radius 1 is 2.00 bits per heavy atom. The number of carbonyl (C=O) groups is 1. The molecule has 1 rings (SSSR count). The summed E-state index contributed by atoms with van der Waals surface area (Å²) in [5.41, 5.74) is 0. The maximum Gasteiger partial charge on any atom is 0.225 e. The van der Waals surface area contributed by atoms with Crippen LogP contribution in [0.5, 0.6) is 0 Å². The van der Waals surface area contributed by atoms with Gasteiger partial charge in [0.05, 0.1) is 6.20 Å². The van der Waals surface area contributed by atoms with Gasteiger partial charge in [0.2, 0.25) is 5.91 Å². The van der Waals surface area contributed by atoms with Crippen LogP contribution in [0.25, 0.3) is 0 Å². The number of nitrogens with zero attached hydrogens (tertiary/aromatic N) is 1. The van der Waals surface area contributed by atoms with Crippen molar-refractivity contribution in [2.24, 2.45) is 0 Å². The largest absolute Gasteiger partial charge is 0.309 e. The smallest absolute Gasteiger partial charge is 0.225 e. The highest BCUT2D eigenvalue weighted by Crippen LogP contribution is 1.97. The van der Waals surface area contributed by atoms with E-state index >= 15 is 0 Å². The summed E-state index contributed by atoms with van der Waals surface area (Å²) in [6.45, 7) is 1.78. The van der Waals surface area contributed by atoms with Gasteiger partial charge in [0, 0.05) is 12.5 Å². The minimum Gasteiger partial charge on any atom is -0.309 e. The van der Waals surface area contributed by atoms with Crippen LogP contribution in [0.4, 0.5) is 5.82 Å². The average Bonchev–Trinajstić information content (AvgIpc) is 2.40. The molecule has 10 heavy (non-hydrogen) atoms. The van der Waals surface area contributed by atoms with Crippen LogP contribution < -0.4 is 5.32 Å². The number of hydrogen-bond donors (Lipinski definition) is 2. The van der Waals surface area contributed by atoms with Crippen LogP contribution in [-0.4, -0.2) is 16.1 Å². The number of hydrogen-bond acceptors (Lipinski definition) is 2. The first kappa shape index (κ1) is 6.80. The molecule has 0 saturated heterocycles. The molecule has 0 spiro atoms. The number of aromatic amines is 1. The summed E-state index contributed by atoms with van der Waals surface area (Å²) in [5.74, 6) is 0.479. The van der Waals surface area contributed by atoms with Gasteiger partial charge in [0.25, 0.3) is 0 Å². The van der Waals surface area contributed by atoms with Gasteiger partial charge in [0.15, 0.2) is 5.82 Å². The number of aromatic nitrogens is 2. The number of nitrogens with one attached hydrogen (secondary N) is 2. The molecule has 1 heterocycles. The second kappa shape index (κ2) is 3.00. The predicted molar refractivity (Wildman–Crippen MR) is 36.3 cm³/mol. The molecule has 0 aliphatic rings. The lowest BCUT2D eigenvalue weighted by Crippen LogP contribution is -2.09. The highest BCUT2D eigenvalue weighted by Gasteiger charge is 1.98. The minimum absolute atomic E-state index is 0.0412. The zero-order valence-corrected chi connectivity index (χ0v) is 5.64. The minimum atomic E-state index is -0.0412. The molecule has 1 amide bonds.